The van der Waals surface area contributed by atoms with E-state index in [1.807, 2.05) is 184 Å². The van der Waals surface area contributed by atoms with Gasteiger partial charge in [0.2, 0.25) is 0 Å². The summed E-state index contributed by atoms with van der Waals surface area (Å²) < 4.78 is 30.4. The molecule has 0 fully saturated rings. The van der Waals surface area contributed by atoms with Gasteiger partial charge < -0.3 is 9.13 Å². The van der Waals surface area contributed by atoms with Crippen LogP contribution in [-0.4, -0.2) is 11.4 Å². The molecule has 0 unspecified atom stereocenters. The third-order valence-electron chi connectivity index (χ3n) is 8.02. The summed E-state index contributed by atoms with van der Waals surface area (Å²) in [5, 5.41) is 4.32. The zero-order valence-corrected chi connectivity index (χ0v) is 27.6. The van der Waals surface area contributed by atoms with Crippen LogP contribution in [-0.2, 0) is 9.13 Å². The van der Waals surface area contributed by atoms with E-state index in [1.54, 1.807) is 0 Å². The van der Waals surface area contributed by atoms with Crippen LogP contribution >= 0.6 is 14.3 Å². The number of nitrogens with zero attached hydrogens (tertiary/aromatic N) is 2. The van der Waals surface area contributed by atoms with Crippen LogP contribution in [0.2, 0.25) is 0 Å². The van der Waals surface area contributed by atoms with Gasteiger partial charge in [0.25, 0.3) is 0 Å². The van der Waals surface area contributed by atoms with E-state index in [4.69, 9.17) is 9.98 Å². The maximum atomic E-state index is 15.2. The van der Waals surface area contributed by atoms with E-state index in [9.17, 15) is 0 Å². The first-order valence-electron chi connectivity index (χ1n) is 15.1. The first-order valence-corrected chi connectivity index (χ1v) is 18.6. The molecule has 0 amide bonds. The molecular formula is C40H34N2O2P2. The van der Waals surface area contributed by atoms with E-state index in [0.717, 1.165) is 21.2 Å². The van der Waals surface area contributed by atoms with Crippen molar-refractivity contribution in [1.29, 1.82) is 0 Å². The van der Waals surface area contributed by atoms with Crippen LogP contribution in [0.5, 0.6) is 0 Å². The molecule has 4 nitrogen and oxygen atoms in total. The molecule has 0 atom stereocenters. The normalized spacial score (nSPS) is 12.6. The second-order valence-corrected chi connectivity index (χ2v) is 16.4. The summed E-state index contributed by atoms with van der Waals surface area (Å²) in [7, 11) is -6.50. The number of rotatable bonds is 9. The monoisotopic (exact) mass is 636 g/mol. The van der Waals surface area contributed by atoms with Gasteiger partial charge in [-0.1, -0.05) is 146 Å². The fraction of sp³-hybridized carbons (Fsp3) is 0.0500. The number of para-hydroxylation sites is 2. The van der Waals surface area contributed by atoms with Crippen molar-refractivity contribution < 1.29 is 9.13 Å². The van der Waals surface area contributed by atoms with Gasteiger partial charge in [-0.15, -0.1) is 0 Å². The van der Waals surface area contributed by atoms with E-state index in [2.05, 4.69) is 0 Å². The molecular weight excluding hydrogens is 602 g/mol. The Hall–Kier alpha value is -4.88. The molecule has 6 aromatic carbocycles. The number of aliphatic imine (C=N–C) groups is 2. The molecule has 0 saturated heterocycles. The van der Waals surface area contributed by atoms with Crippen LogP contribution in [0.15, 0.2) is 180 Å². The predicted molar refractivity (Wildman–Crippen MR) is 197 cm³/mol. The van der Waals surface area contributed by atoms with Gasteiger partial charge in [-0.05, 0) is 38.1 Å². The molecule has 0 radical (unpaired) electrons. The Kier molecular flexibility index (Phi) is 9.22. The highest BCUT2D eigenvalue weighted by molar-refractivity contribution is 7.86. The van der Waals surface area contributed by atoms with Crippen LogP contribution in [0.1, 0.15) is 13.8 Å². The summed E-state index contributed by atoms with van der Waals surface area (Å²) in [6, 6.07) is 53.7. The molecule has 0 saturated carbocycles. The Bertz CT molecular complexity index is 1870. The highest BCUT2D eigenvalue weighted by atomic mass is 31.2. The summed E-state index contributed by atoms with van der Waals surface area (Å²) in [4.78, 5) is 10.0. The Morgan fingerprint density at radius 2 is 0.609 bits per heavy atom. The van der Waals surface area contributed by atoms with Crippen LogP contribution in [0.3, 0.4) is 0 Å². The van der Waals surface area contributed by atoms with Crippen molar-refractivity contribution in [2.75, 3.05) is 0 Å². The van der Waals surface area contributed by atoms with Crippen molar-refractivity contribution in [2.45, 2.75) is 13.8 Å². The van der Waals surface area contributed by atoms with Crippen LogP contribution in [0.4, 0.5) is 11.4 Å². The molecule has 0 bridgehead atoms. The predicted octanol–water partition coefficient (Wildman–Crippen LogP) is 7.85. The Morgan fingerprint density at radius 1 is 0.370 bits per heavy atom. The van der Waals surface area contributed by atoms with Gasteiger partial charge in [-0.2, -0.15) is 0 Å². The van der Waals surface area contributed by atoms with E-state index in [-0.39, 0.29) is 0 Å². The SMILES string of the molecule is CC(=Nc1ccccc1P(=O)(c1ccccc1)c1ccccc1)C(C)=Nc1ccccc1P(=O)(c1ccccc1)c1ccccc1. The first-order chi connectivity index (χ1) is 22.4. The van der Waals surface area contributed by atoms with Crippen LogP contribution < -0.4 is 31.8 Å². The van der Waals surface area contributed by atoms with Gasteiger partial charge in [-0.25, -0.2) is 0 Å². The van der Waals surface area contributed by atoms with Gasteiger partial charge in [0.1, 0.15) is 0 Å². The summed E-state index contributed by atoms with van der Waals surface area (Å²) in [5.74, 6) is 0. The van der Waals surface area contributed by atoms with E-state index in [0.29, 0.717) is 33.4 Å². The highest BCUT2D eigenvalue weighted by Gasteiger charge is 2.33. The van der Waals surface area contributed by atoms with Crippen molar-refractivity contribution >= 4 is 68.9 Å². The third-order valence-corrected chi connectivity index (χ3v) is 14.2. The van der Waals surface area contributed by atoms with Crippen molar-refractivity contribution in [3.8, 4) is 0 Å². The standard InChI is InChI=1S/C40H34N2O2P2/c1-31(41-37-27-15-17-29-39(37)45(43,33-19-7-3-8-20-33)34-21-9-4-10-22-34)32(2)42-38-28-16-18-30-40(38)46(44,35-23-11-5-12-24-35)36-25-13-6-14-26-36/h3-30H,1-2H3. The molecule has 6 aromatic rings. The summed E-state index contributed by atoms with van der Waals surface area (Å²) in [6.07, 6.45) is 0. The molecule has 6 heteroatoms. The summed E-state index contributed by atoms with van der Waals surface area (Å²) in [6.45, 7) is 3.81. The molecule has 0 heterocycles. The van der Waals surface area contributed by atoms with Crippen molar-refractivity contribution in [1.82, 2.24) is 0 Å². The quantitative estimate of drug-likeness (QED) is 0.120. The van der Waals surface area contributed by atoms with E-state index < -0.39 is 14.3 Å². The summed E-state index contributed by atoms with van der Waals surface area (Å²) in [5.41, 5.74) is 2.59. The third kappa shape index (κ3) is 6.03. The molecule has 0 spiro atoms. The molecule has 0 aliphatic carbocycles. The zero-order valence-electron chi connectivity index (χ0n) is 25.8. The van der Waals surface area contributed by atoms with Gasteiger partial charge >= 0.3 is 0 Å². The Labute approximate surface area is 271 Å². The van der Waals surface area contributed by atoms with E-state index in [1.165, 1.54) is 0 Å². The average molecular weight is 637 g/mol. The fourth-order valence-electron chi connectivity index (χ4n) is 5.58. The molecule has 226 valence electrons. The lowest BCUT2D eigenvalue weighted by molar-refractivity contribution is 0.591. The second-order valence-electron chi connectivity index (χ2n) is 10.9. The lowest BCUT2D eigenvalue weighted by atomic mass is 10.2. The van der Waals surface area contributed by atoms with Crippen LogP contribution in [0, 0.1) is 0 Å². The Morgan fingerprint density at radius 3 is 0.891 bits per heavy atom. The molecule has 0 aliphatic rings. The van der Waals surface area contributed by atoms with E-state index >= 15 is 9.13 Å². The number of hydrogen-bond donors (Lipinski definition) is 0. The zero-order chi connectivity index (χ0) is 32.0. The molecule has 46 heavy (non-hydrogen) atoms. The molecule has 0 aliphatic heterocycles. The minimum Gasteiger partial charge on any atom is -0.309 e. The first kappa shape index (κ1) is 31.1. The number of hydrogen-bond acceptors (Lipinski definition) is 4. The van der Waals surface area contributed by atoms with Gasteiger partial charge in [-0.3, -0.25) is 9.98 Å². The van der Waals surface area contributed by atoms with Crippen molar-refractivity contribution in [2.24, 2.45) is 9.98 Å². The van der Waals surface area contributed by atoms with Crippen LogP contribution in [0.25, 0.3) is 0 Å². The maximum absolute atomic E-state index is 15.2. The summed E-state index contributed by atoms with van der Waals surface area (Å²) >= 11 is 0. The average Bonchev–Trinajstić information content (AvgIpc) is 3.13. The Balaban J connectivity index is 1.46. The van der Waals surface area contributed by atoms with Gasteiger partial charge in [0, 0.05) is 31.8 Å². The lowest BCUT2D eigenvalue weighted by Crippen LogP contribution is -2.25. The fourth-order valence-corrected chi connectivity index (χ4v) is 11.1. The highest BCUT2D eigenvalue weighted by Crippen LogP contribution is 2.46. The second kappa shape index (κ2) is 13.6. The molecule has 0 N–H and O–H groups in total. The molecule has 0 aromatic heterocycles. The lowest BCUT2D eigenvalue weighted by Gasteiger charge is -2.22. The van der Waals surface area contributed by atoms with Gasteiger partial charge in [0.05, 0.1) is 22.8 Å². The maximum Gasteiger partial charge on any atom is 0.173 e. The number of benzene rings is 6. The minimum absolute atomic E-state index is 0.623. The largest absolute Gasteiger partial charge is 0.309 e. The van der Waals surface area contributed by atoms with Crippen molar-refractivity contribution in [3.05, 3.63) is 170 Å². The smallest absolute Gasteiger partial charge is 0.173 e. The molecule has 6 rings (SSSR count). The minimum atomic E-state index is -3.25. The van der Waals surface area contributed by atoms with Crippen molar-refractivity contribution in [3.63, 3.8) is 0 Å². The topological polar surface area (TPSA) is 58.9 Å². The van der Waals surface area contributed by atoms with Gasteiger partial charge in [0.15, 0.2) is 14.3 Å².